The lowest BCUT2D eigenvalue weighted by Gasteiger charge is -2.34. The molecule has 2 aliphatic rings. The summed E-state index contributed by atoms with van der Waals surface area (Å²) >= 11 is 0. The van der Waals surface area contributed by atoms with Gasteiger partial charge in [-0.05, 0) is 162 Å². The van der Waals surface area contributed by atoms with E-state index in [0.717, 1.165) is 28.3 Å². The summed E-state index contributed by atoms with van der Waals surface area (Å²) in [5.41, 5.74) is 26.4. The molecule has 78 heavy (non-hydrogen) atoms. The van der Waals surface area contributed by atoms with Crippen molar-refractivity contribution in [2.75, 3.05) is 4.90 Å². The maximum atomic E-state index is 2.47. The third-order valence-corrected chi connectivity index (χ3v) is 17.0. The molecule has 13 aromatic rings. The minimum absolute atomic E-state index is 0.0792. The minimum atomic E-state index is -0.488. The zero-order chi connectivity index (χ0) is 52.0. The van der Waals surface area contributed by atoms with Crippen LogP contribution in [0.2, 0.25) is 0 Å². The Kier molecular flexibility index (Phi) is 10.5. The summed E-state index contributed by atoms with van der Waals surface area (Å²) in [6.07, 6.45) is 0. The third-order valence-electron chi connectivity index (χ3n) is 17.0. The molecule has 0 bridgehead atoms. The van der Waals surface area contributed by atoms with Crippen LogP contribution in [0.25, 0.3) is 83.1 Å². The number of para-hydroxylation sites is 1. The molecule has 15 rings (SSSR count). The summed E-state index contributed by atoms with van der Waals surface area (Å²) in [5, 5.41) is 2.46. The number of rotatable bonds is 9. The average molecular weight is 995 g/mol. The lowest BCUT2D eigenvalue weighted by molar-refractivity contribution is 0.660. The van der Waals surface area contributed by atoms with E-state index in [2.05, 4.69) is 315 Å². The molecule has 2 heteroatoms. The Morgan fingerprint density at radius 3 is 1.46 bits per heavy atom. The Hall–Kier alpha value is -9.76. The normalized spacial score (nSPS) is 13.5. The van der Waals surface area contributed by atoms with Crippen molar-refractivity contribution in [3.8, 4) is 61.3 Å². The fourth-order valence-corrected chi connectivity index (χ4v) is 13.5. The topological polar surface area (TPSA) is 8.17 Å². The molecule has 0 saturated carbocycles. The van der Waals surface area contributed by atoms with Gasteiger partial charge in [-0.15, -0.1) is 0 Å². The van der Waals surface area contributed by atoms with Crippen molar-refractivity contribution in [2.45, 2.75) is 24.7 Å². The number of anilines is 3. The monoisotopic (exact) mass is 994 g/mol. The summed E-state index contributed by atoms with van der Waals surface area (Å²) < 4.78 is 2.47. The maximum Gasteiger partial charge on any atom is 0.0714 e. The van der Waals surface area contributed by atoms with Gasteiger partial charge in [-0.1, -0.05) is 232 Å². The van der Waals surface area contributed by atoms with Crippen LogP contribution in [-0.2, 0) is 10.8 Å². The first-order valence-electron chi connectivity index (χ1n) is 27.2. The van der Waals surface area contributed by atoms with Crippen LogP contribution in [0.4, 0.5) is 17.1 Å². The Morgan fingerprint density at radius 1 is 0.282 bits per heavy atom. The molecule has 1 heterocycles. The molecule has 0 atom stereocenters. The van der Waals surface area contributed by atoms with Crippen molar-refractivity contribution in [2.24, 2.45) is 0 Å². The zero-order valence-electron chi connectivity index (χ0n) is 43.6. The van der Waals surface area contributed by atoms with Gasteiger partial charge in [0, 0.05) is 38.9 Å². The Balaban J connectivity index is 0.834. The van der Waals surface area contributed by atoms with Crippen LogP contribution in [0.1, 0.15) is 47.2 Å². The molecule has 0 N–H and O–H groups in total. The van der Waals surface area contributed by atoms with Crippen LogP contribution in [0, 0.1) is 0 Å². The van der Waals surface area contributed by atoms with Gasteiger partial charge in [0.15, 0.2) is 0 Å². The van der Waals surface area contributed by atoms with Gasteiger partial charge >= 0.3 is 0 Å². The standard InChI is InChI=1S/C76H54N2/c1-75(2)69-36-15-12-34-64(69)67-49-61(41-43-70(67)75)77(59-31-19-25-54(46-59)51-21-6-3-7-22-51)60-32-20-26-55(47-60)52-23-18-24-53(45-52)56-39-44-74-68(48-56)66-35-14-17-38-73(66)78(74)62-40-42-65-63-33-13-16-37-71(63)76(72(65)50-62,57-27-8-4-9-28-57)58-29-10-5-11-30-58/h3-50H,1-2H3. The van der Waals surface area contributed by atoms with Crippen LogP contribution >= 0.6 is 0 Å². The van der Waals surface area contributed by atoms with Crippen molar-refractivity contribution >= 4 is 38.9 Å². The quantitative estimate of drug-likeness (QED) is 0.140. The molecule has 0 amide bonds. The molecule has 0 unspecified atom stereocenters. The number of benzene rings is 12. The van der Waals surface area contributed by atoms with Gasteiger partial charge in [0.05, 0.1) is 16.4 Å². The van der Waals surface area contributed by atoms with E-state index in [4.69, 9.17) is 0 Å². The molecule has 0 fully saturated rings. The summed E-state index contributed by atoms with van der Waals surface area (Å²) in [5.74, 6) is 0. The van der Waals surface area contributed by atoms with Crippen LogP contribution in [0.5, 0.6) is 0 Å². The first-order valence-corrected chi connectivity index (χ1v) is 27.2. The highest BCUT2D eigenvalue weighted by atomic mass is 15.1. The number of nitrogens with zero attached hydrogens (tertiary/aromatic N) is 2. The van der Waals surface area contributed by atoms with Crippen molar-refractivity contribution in [1.29, 1.82) is 0 Å². The van der Waals surface area contributed by atoms with Crippen LogP contribution in [0.15, 0.2) is 291 Å². The highest BCUT2D eigenvalue weighted by molar-refractivity contribution is 6.10. The second-order valence-electron chi connectivity index (χ2n) is 21.6. The SMILES string of the molecule is CC1(C)c2ccccc2-c2cc(N(c3cccc(-c4ccccc4)c3)c3cccc(-c4cccc(-c5ccc6c(c5)c5ccccc5n6-c5ccc6c(c5)C(c5ccccc5)(c5ccccc5)c5ccccc5-6)c4)c3)ccc21. The van der Waals surface area contributed by atoms with Crippen LogP contribution in [-0.4, -0.2) is 4.57 Å². The molecule has 2 aliphatic carbocycles. The van der Waals surface area contributed by atoms with E-state index in [1.165, 1.54) is 105 Å². The number of hydrogen-bond acceptors (Lipinski definition) is 1. The molecule has 0 aliphatic heterocycles. The molecular formula is C76H54N2. The van der Waals surface area contributed by atoms with Crippen molar-refractivity contribution in [1.82, 2.24) is 4.57 Å². The average Bonchev–Trinajstić information content (AvgIpc) is 4.12. The van der Waals surface area contributed by atoms with E-state index in [-0.39, 0.29) is 5.41 Å². The minimum Gasteiger partial charge on any atom is -0.310 e. The highest BCUT2D eigenvalue weighted by Crippen LogP contribution is 2.57. The van der Waals surface area contributed by atoms with Gasteiger partial charge in [-0.2, -0.15) is 0 Å². The lowest BCUT2D eigenvalue weighted by atomic mass is 9.67. The molecule has 368 valence electrons. The van der Waals surface area contributed by atoms with E-state index in [0.29, 0.717) is 0 Å². The molecule has 2 nitrogen and oxygen atoms in total. The second kappa shape index (κ2) is 17.9. The van der Waals surface area contributed by atoms with Crippen LogP contribution in [0.3, 0.4) is 0 Å². The Bertz CT molecular complexity index is 4430. The van der Waals surface area contributed by atoms with Crippen LogP contribution < -0.4 is 4.90 Å². The van der Waals surface area contributed by atoms with Crippen molar-refractivity contribution < 1.29 is 0 Å². The van der Waals surface area contributed by atoms with E-state index >= 15 is 0 Å². The van der Waals surface area contributed by atoms with E-state index in [9.17, 15) is 0 Å². The van der Waals surface area contributed by atoms with Gasteiger partial charge in [0.25, 0.3) is 0 Å². The number of fused-ring (bicyclic) bond motifs is 9. The van der Waals surface area contributed by atoms with E-state index in [1.807, 2.05) is 0 Å². The fourth-order valence-electron chi connectivity index (χ4n) is 13.5. The van der Waals surface area contributed by atoms with Gasteiger partial charge in [-0.3, -0.25) is 0 Å². The van der Waals surface area contributed by atoms with E-state index in [1.54, 1.807) is 0 Å². The van der Waals surface area contributed by atoms with Gasteiger partial charge in [0.1, 0.15) is 0 Å². The predicted molar refractivity (Wildman–Crippen MR) is 327 cm³/mol. The molecule has 1 aromatic heterocycles. The van der Waals surface area contributed by atoms with Gasteiger partial charge in [0.2, 0.25) is 0 Å². The van der Waals surface area contributed by atoms with Crippen molar-refractivity contribution in [3.63, 3.8) is 0 Å². The summed E-state index contributed by atoms with van der Waals surface area (Å²) in [6.45, 7) is 4.70. The molecule has 0 saturated heterocycles. The summed E-state index contributed by atoms with van der Waals surface area (Å²) in [6, 6.07) is 108. The molecule has 12 aromatic carbocycles. The number of hydrogen-bond donors (Lipinski definition) is 0. The Morgan fingerprint density at radius 2 is 0.769 bits per heavy atom. The first kappa shape index (κ1) is 45.6. The smallest absolute Gasteiger partial charge is 0.0714 e. The zero-order valence-corrected chi connectivity index (χ0v) is 43.6. The number of aromatic nitrogens is 1. The molecule has 0 spiro atoms. The van der Waals surface area contributed by atoms with Crippen molar-refractivity contribution in [3.05, 3.63) is 325 Å². The second-order valence-corrected chi connectivity index (χ2v) is 21.6. The van der Waals surface area contributed by atoms with E-state index < -0.39 is 5.41 Å². The maximum absolute atomic E-state index is 2.47. The summed E-state index contributed by atoms with van der Waals surface area (Å²) in [7, 11) is 0. The van der Waals surface area contributed by atoms with Gasteiger partial charge < -0.3 is 9.47 Å². The third kappa shape index (κ3) is 7.03. The lowest BCUT2D eigenvalue weighted by Crippen LogP contribution is -2.28. The Labute approximate surface area is 456 Å². The molecular weight excluding hydrogens is 941 g/mol. The highest BCUT2D eigenvalue weighted by Gasteiger charge is 2.46. The molecule has 0 radical (unpaired) electrons. The van der Waals surface area contributed by atoms with Gasteiger partial charge in [-0.25, -0.2) is 0 Å². The first-order chi connectivity index (χ1) is 38.4. The predicted octanol–water partition coefficient (Wildman–Crippen LogP) is 19.9. The largest absolute Gasteiger partial charge is 0.310 e. The fraction of sp³-hybridized carbons (Fsp3) is 0.0526. The summed E-state index contributed by atoms with van der Waals surface area (Å²) in [4.78, 5) is 2.43.